The number of methoxy groups -OCH3 is 2. The molecule has 0 aromatic heterocycles. The Morgan fingerprint density at radius 2 is 2.17 bits per heavy atom. The highest BCUT2D eigenvalue weighted by atomic mass is 16.5. The van der Waals surface area contributed by atoms with Gasteiger partial charge in [0.1, 0.15) is 12.1 Å². The van der Waals surface area contributed by atoms with E-state index in [2.05, 4.69) is 0 Å². The highest BCUT2D eigenvalue weighted by Gasteiger charge is 2.41. The van der Waals surface area contributed by atoms with Gasteiger partial charge in [0, 0.05) is 54.7 Å². The van der Waals surface area contributed by atoms with Gasteiger partial charge < -0.3 is 19.9 Å². The van der Waals surface area contributed by atoms with E-state index in [0.717, 1.165) is 14.2 Å². The van der Waals surface area contributed by atoms with Crippen molar-refractivity contribution in [3.05, 3.63) is 23.2 Å². The van der Waals surface area contributed by atoms with E-state index in [9.17, 15) is 6.17 Å². The van der Waals surface area contributed by atoms with Gasteiger partial charge in [-0.25, -0.2) is 0 Å². The van der Waals surface area contributed by atoms with E-state index in [0.29, 0.717) is 11.8 Å². The van der Waals surface area contributed by atoms with Crippen LogP contribution >= 0.6 is 0 Å². The van der Waals surface area contributed by atoms with E-state index < -0.39 is 129 Å². The van der Waals surface area contributed by atoms with Crippen molar-refractivity contribution >= 4 is 5.97 Å². The molecular formula is C24H38N2O4. The third-order valence-electron chi connectivity index (χ3n) is 4.67. The summed E-state index contributed by atoms with van der Waals surface area (Å²) in [6, 6.07) is -7.41. The monoisotopic (exact) mass is 439 g/mol. The van der Waals surface area contributed by atoms with Crippen LogP contribution in [0.1, 0.15) is 86.2 Å². The van der Waals surface area contributed by atoms with Crippen molar-refractivity contribution in [1.29, 1.82) is 0 Å². The van der Waals surface area contributed by atoms with Crippen LogP contribution in [0.3, 0.4) is 0 Å². The van der Waals surface area contributed by atoms with Crippen molar-refractivity contribution in [2.24, 2.45) is 23.4 Å². The number of nitrogens with zero attached hydrogens (tertiary/aromatic N) is 1. The summed E-state index contributed by atoms with van der Waals surface area (Å²) >= 11 is 0. The molecule has 6 nitrogen and oxygen atoms in total. The molecule has 2 N–H and O–H groups in total. The first-order valence-electron chi connectivity index (χ1n) is 19.5. The molecule has 0 spiro atoms. The number of hydrogen-bond donors (Lipinski definition) is 1. The Kier molecular flexibility index (Phi) is 2.54. The standard InChI is InChI=1S/C24H38N2O4/c1-14(2)9-17-13-26-8-7-16-10-21(28-5)22(29-6)11-18(16)19(26)12-20(17)30-24(27)23(25)15(3)4/h10-11,14-15,17,19-20,23H,7-9,12-13,25H2,1-6H3/t17?,19?,20?,23-/m0/s1/i1D3,3D3,4D3,7D2,8D2,9D2,10D,11D,14D,15D,20D,23D/t14?,17?,19?,20?,23-. The lowest BCUT2D eigenvalue weighted by atomic mass is 9.79. The van der Waals surface area contributed by atoms with Crippen LogP contribution in [0.25, 0.3) is 0 Å². The lowest BCUT2D eigenvalue weighted by Gasteiger charge is -2.47. The Labute approximate surface area is 210 Å². The molecule has 2 aliphatic heterocycles. The van der Waals surface area contributed by atoms with Gasteiger partial charge in [-0.2, -0.15) is 0 Å². The lowest BCUT2D eigenvalue weighted by molar-refractivity contribution is -0.160. The minimum atomic E-state index is -4.15. The van der Waals surface area contributed by atoms with Gasteiger partial charge in [0.25, 0.3) is 0 Å². The number of carbonyl (C=O) groups is 1. The molecule has 4 unspecified atom stereocenters. The molecule has 1 aromatic carbocycles. The van der Waals surface area contributed by atoms with Gasteiger partial charge in [-0.15, -0.1) is 0 Å². The van der Waals surface area contributed by atoms with Crippen LogP contribution in [0.4, 0.5) is 0 Å². The fourth-order valence-corrected chi connectivity index (χ4v) is 3.27. The van der Waals surface area contributed by atoms with Crippen LogP contribution in [0.15, 0.2) is 12.1 Å². The zero-order valence-corrected chi connectivity index (χ0v) is 16.7. The van der Waals surface area contributed by atoms with Gasteiger partial charge in [-0.3, -0.25) is 9.69 Å². The molecule has 2 heterocycles. The topological polar surface area (TPSA) is 74.0 Å². The maximum atomic E-state index is 13.7. The number of ether oxygens (including phenoxy) is 3. The molecule has 0 saturated carbocycles. The van der Waals surface area contributed by atoms with Crippen molar-refractivity contribution in [1.82, 2.24) is 4.90 Å². The average molecular weight is 440 g/mol. The second-order valence-corrected chi connectivity index (χ2v) is 6.68. The van der Waals surface area contributed by atoms with E-state index in [1.54, 1.807) is 0 Å². The van der Waals surface area contributed by atoms with Crippen LogP contribution in [0, 0.1) is 17.7 Å². The zero-order valence-electron chi connectivity index (χ0n) is 37.7. The van der Waals surface area contributed by atoms with Gasteiger partial charge in [0.05, 0.1) is 19.7 Å². The van der Waals surface area contributed by atoms with Gasteiger partial charge in [0.15, 0.2) is 11.5 Å². The molecule has 30 heavy (non-hydrogen) atoms. The van der Waals surface area contributed by atoms with Gasteiger partial charge in [-0.05, 0) is 47.7 Å². The minimum absolute atomic E-state index is 0.452. The predicted molar refractivity (Wildman–Crippen MR) is 118 cm³/mol. The number of rotatable bonds is 7. The first kappa shape index (κ1) is 7.96. The summed E-state index contributed by atoms with van der Waals surface area (Å²) in [7, 11) is 2.14. The summed E-state index contributed by atoms with van der Waals surface area (Å²) in [6.45, 7) is -15.4. The van der Waals surface area contributed by atoms with Crippen molar-refractivity contribution in [2.45, 2.75) is 64.8 Å². The summed E-state index contributed by atoms with van der Waals surface area (Å²) in [5.41, 5.74) is 4.37. The molecule has 168 valence electrons. The lowest BCUT2D eigenvalue weighted by Crippen LogP contribution is -2.51. The summed E-state index contributed by atoms with van der Waals surface area (Å²) in [5.74, 6) is -13.2. The molecular weight excluding hydrogens is 380 g/mol. The third-order valence-corrected chi connectivity index (χ3v) is 4.67. The minimum Gasteiger partial charge on any atom is -0.493 e. The fourth-order valence-electron chi connectivity index (χ4n) is 3.27. The van der Waals surface area contributed by atoms with Crippen molar-refractivity contribution in [3.8, 4) is 11.5 Å². The maximum absolute atomic E-state index is 13.7. The second kappa shape index (κ2) is 9.56. The number of esters is 1. The number of benzene rings is 1. The SMILES string of the molecule is [2H]c1c(OC)c(OC)c([2H])c2c1C1CC([2H])(OC(=O)[C@@]([2H])(N)C([2H])(C([2H])([2H])[2H])C([2H])([2H])[2H])C(C([2H])([2H])C([2H])(C)C([2H])([2H])[2H])CN1C([2H])([2H])C2([2H])[2H]. The molecule has 6 heteroatoms. The summed E-state index contributed by atoms with van der Waals surface area (Å²) in [6.07, 6.45) is -11.4. The molecule has 0 amide bonds. The summed E-state index contributed by atoms with van der Waals surface area (Å²) in [5, 5.41) is 0. The van der Waals surface area contributed by atoms with Crippen LogP contribution in [0.2, 0.25) is 0 Å². The molecule has 1 fully saturated rings. The number of fused-ring (bicyclic) bond motifs is 3. The van der Waals surface area contributed by atoms with E-state index >= 15 is 0 Å². The van der Waals surface area contributed by atoms with Gasteiger partial charge in [0.2, 0.25) is 0 Å². The second-order valence-electron chi connectivity index (χ2n) is 6.68. The molecule has 0 bridgehead atoms. The number of nitrogens with two attached hydrogens (primary N) is 1. The quantitative estimate of drug-likeness (QED) is 0.655. The highest BCUT2D eigenvalue weighted by Crippen LogP contribution is 2.44. The van der Waals surface area contributed by atoms with E-state index in [1.807, 2.05) is 0 Å². The van der Waals surface area contributed by atoms with Crippen molar-refractivity contribution in [2.75, 3.05) is 27.3 Å². The third kappa shape index (κ3) is 4.75. The Balaban J connectivity index is 2.45. The first-order valence-corrected chi connectivity index (χ1v) is 8.96. The smallest absolute Gasteiger partial charge is 0.323 e. The first-order chi connectivity index (χ1) is 22.4. The van der Waals surface area contributed by atoms with Gasteiger partial charge >= 0.3 is 5.97 Å². The molecule has 0 radical (unpaired) electrons. The van der Waals surface area contributed by atoms with Crippen LogP contribution in [0.5, 0.6) is 11.5 Å². The predicted octanol–water partition coefficient (Wildman–Crippen LogP) is 3.56. The van der Waals surface area contributed by atoms with Crippen LogP contribution < -0.4 is 15.2 Å². The van der Waals surface area contributed by atoms with Crippen LogP contribution in [-0.2, 0) is 15.9 Å². The van der Waals surface area contributed by atoms with Crippen molar-refractivity contribution < 1.29 is 47.8 Å². The summed E-state index contributed by atoms with van der Waals surface area (Å²) < 4.78 is 191. The average Bonchev–Trinajstić information content (AvgIpc) is 2.93. The zero-order chi connectivity index (χ0) is 40.3. The Morgan fingerprint density at radius 1 is 1.43 bits per heavy atom. The molecule has 1 saturated heterocycles. The highest BCUT2D eigenvalue weighted by molar-refractivity contribution is 5.76. The maximum Gasteiger partial charge on any atom is 0.323 e. The van der Waals surface area contributed by atoms with E-state index in [-0.39, 0.29) is 0 Å². The molecule has 0 aliphatic carbocycles. The molecule has 5 atom stereocenters. The summed E-state index contributed by atoms with van der Waals surface area (Å²) in [4.78, 5) is 14.3. The van der Waals surface area contributed by atoms with Crippen LogP contribution in [-0.4, -0.2) is 50.2 Å². The van der Waals surface area contributed by atoms with E-state index in [1.165, 1.54) is 0 Å². The van der Waals surface area contributed by atoms with E-state index in [4.69, 9.17) is 47.4 Å². The largest absolute Gasteiger partial charge is 0.493 e. The Morgan fingerprint density at radius 3 is 2.83 bits per heavy atom. The number of piperidine rings is 1. The molecule has 1 aromatic rings. The normalized spacial score (nSPS) is 46.1. The fraction of sp³-hybridized carbons (Fsp3) is 0.708. The Hall–Kier alpha value is -1.79. The molecule has 2 aliphatic rings. The van der Waals surface area contributed by atoms with Gasteiger partial charge in [-0.1, -0.05) is 27.5 Å². The molecule has 3 rings (SSSR count). The number of hydrogen-bond acceptors (Lipinski definition) is 6. The Bertz CT molecular complexity index is 1540. The van der Waals surface area contributed by atoms with Crippen molar-refractivity contribution in [3.63, 3.8) is 0 Å². The number of carbonyl (C=O) groups excluding carboxylic acids is 1.